The molecule has 4 nitrogen and oxygen atoms in total. The first-order valence-electron chi connectivity index (χ1n) is 19.1. The molecule has 0 heterocycles. The van der Waals surface area contributed by atoms with E-state index in [2.05, 4.69) is 69.4 Å². The molecule has 0 bridgehead atoms. The largest absolute Gasteiger partial charge is 0.458 e. The Morgan fingerprint density at radius 2 is 0.778 bits per heavy atom. The zero-order valence-electron chi connectivity index (χ0n) is 29.7. The summed E-state index contributed by atoms with van der Waals surface area (Å²) in [5, 5.41) is 0. The molecule has 0 saturated heterocycles. The predicted octanol–water partition coefficient (Wildman–Crippen LogP) is 12.5. The first-order chi connectivity index (χ1) is 22.1. The molecule has 0 aromatic heterocycles. The first kappa shape index (κ1) is 40.9. The van der Waals surface area contributed by atoms with Crippen LogP contribution in [0.1, 0.15) is 181 Å². The van der Waals surface area contributed by atoms with Crippen LogP contribution in [-0.2, 0) is 19.1 Å². The van der Waals surface area contributed by atoms with Gasteiger partial charge in [0.05, 0.1) is 0 Å². The topological polar surface area (TPSA) is 52.6 Å². The highest BCUT2D eigenvalue weighted by Crippen LogP contribution is 2.40. The fourth-order valence-electron chi connectivity index (χ4n) is 5.67. The van der Waals surface area contributed by atoms with E-state index < -0.39 is 0 Å². The van der Waals surface area contributed by atoms with Gasteiger partial charge in [-0.2, -0.15) is 0 Å². The molecule has 1 aliphatic carbocycles. The highest BCUT2D eigenvalue weighted by molar-refractivity contribution is 5.71. The zero-order valence-corrected chi connectivity index (χ0v) is 29.7. The Morgan fingerprint density at radius 1 is 0.444 bits per heavy atom. The number of esters is 2. The number of allylic oxidation sites excluding steroid dienone is 8. The fourth-order valence-corrected chi connectivity index (χ4v) is 5.67. The first-order valence-corrected chi connectivity index (χ1v) is 19.1. The molecule has 0 unspecified atom stereocenters. The van der Waals surface area contributed by atoms with E-state index in [-0.39, 0.29) is 30.1 Å². The van der Waals surface area contributed by atoms with Gasteiger partial charge >= 0.3 is 11.9 Å². The molecule has 0 spiro atoms. The SMILES string of the molecule is CCCCC/C=C\C/C=C\CCCCCCCC(=O)O[C@@H]1[C@@H](CC)[C@@H]1OC(=O)CCCCCCC/C=C\C/C=C\CCCCC. The molecule has 3 atom stereocenters. The Labute approximate surface area is 278 Å². The van der Waals surface area contributed by atoms with Gasteiger partial charge in [0.2, 0.25) is 0 Å². The van der Waals surface area contributed by atoms with Gasteiger partial charge in [0, 0.05) is 18.8 Å². The Hall–Kier alpha value is -2.10. The summed E-state index contributed by atoms with van der Waals surface area (Å²) in [5.74, 6) is -0.125. The lowest BCUT2D eigenvalue weighted by Crippen LogP contribution is -2.13. The smallest absolute Gasteiger partial charge is 0.306 e. The van der Waals surface area contributed by atoms with Crippen molar-refractivity contribution < 1.29 is 19.1 Å². The molecule has 0 aromatic rings. The van der Waals surface area contributed by atoms with E-state index in [9.17, 15) is 9.59 Å². The van der Waals surface area contributed by atoms with E-state index in [1.165, 1.54) is 77.0 Å². The summed E-state index contributed by atoms with van der Waals surface area (Å²) in [6, 6.07) is 0. The van der Waals surface area contributed by atoms with E-state index >= 15 is 0 Å². The van der Waals surface area contributed by atoms with Crippen LogP contribution in [-0.4, -0.2) is 24.1 Å². The average Bonchev–Trinajstić information content (AvgIpc) is 3.69. The summed E-state index contributed by atoms with van der Waals surface area (Å²) in [6.07, 6.45) is 45.3. The molecule has 45 heavy (non-hydrogen) atoms. The summed E-state index contributed by atoms with van der Waals surface area (Å²) in [7, 11) is 0. The fraction of sp³-hybridized carbons (Fsp3) is 0.756. The number of carbonyl (C=O) groups is 2. The number of rotatable bonds is 31. The Bertz CT molecular complexity index is 757. The molecule has 0 radical (unpaired) electrons. The summed E-state index contributed by atoms with van der Waals surface area (Å²) in [4.78, 5) is 24.7. The minimum atomic E-state index is -0.242. The van der Waals surface area contributed by atoms with E-state index in [4.69, 9.17) is 9.47 Å². The summed E-state index contributed by atoms with van der Waals surface area (Å²) < 4.78 is 11.4. The quantitative estimate of drug-likeness (QED) is 0.0436. The molecule has 0 amide bonds. The third-order valence-corrected chi connectivity index (χ3v) is 8.70. The van der Waals surface area contributed by atoms with Gasteiger partial charge in [0.15, 0.2) is 0 Å². The van der Waals surface area contributed by atoms with Crippen molar-refractivity contribution in [2.75, 3.05) is 0 Å². The minimum Gasteiger partial charge on any atom is -0.458 e. The number of ether oxygens (including phenoxy) is 2. The molecular weight excluding hydrogens is 556 g/mol. The minimum absolute atomic E-state index is 0.142. The Morgan fingerprint density at radius 3 is 1.13 bits per heavy atom. The maximum Gasteiger partial charge on any atom is 0.306 e. The van der Waals surface area contributed by atoms with Crippen molar-refractivity contribution in [2.45, 2.75) is 193 Å². The van der Waals surface area contributed by atoms with Crippen molar-refractivity contribution in [1.29, 1.82) is 0 Å². The standard InChI is InChI=1S/C41H70O4/c1-4-7-9-11-13-15-17-19-21-23-25-27-29-31-33-35-38(42)44-40-37(6-3)41(40)45-39(43)36-34-32-30-28-26-24-22-20-18-16-14-12-10-8-5-2/h13-16,19-22,37,40-41H,4-12,17-18,23-36H2,1-3H3/b15-13-,16-14-,21-19-,22-20-/t37-,40-,41+. The maximum atomic E-state index is 12.4. The van der Waals surface area contributed by atoms with Crippen LogP contribution in [0.15, 0.2) is 48.6 Å². The molecule has 258 valence electrons. The number of carbonyl (C=O) groups excluding carboxylic acids is 2. The molecule has 1 saturated carbocycles. The molecular formula is C41H70O4. The second-order valence-electron chi connectivity index (χ2n) is 12.9. The van der Waals surface area contributed by atoms with Crippen LogP contribution in [0.3, 0.4) is 0 Å². The molecule has 4 heteroatoms. The lowest BCUT2D eigenvalue weighted by Gasteiger charge is -2.06. The Balaban J connectivity index is 1.98. The van der Waals surface area contributed by atoms with Crippen LogP contribution in [0, 0.1) is 5.92 Å². The van der Waals surface area contributed by atoms with Gasteiger partial charge in [-0.25, -0.2) is 0 Å². The lowest BCUT2D eigenvalue weighted by atomic mass is 10.1. The van der Waals surface area contributed by atoms with Crippen LogP contribution in [0.5, 0.6) is 0 Å². The van der Waals surface area contributed by atoms with Gasteiger partial charge < -0.3 is 9.47 Å². The monoisotopic (exact) mass is 627 g/mol. The molecule has 0 aromatic carbocycles. The van der Waals surface area contributed by atoms with Crippen LogP contribution in [0.25, 0.3) is 0 Å². The molecule has 0 aliphatic heterocycles. The normalized spacial score (nSPS) is 18.2. The van der Waals surface area contributed by atoms with Crippen molar-refractivity contribution in [1.82, 2.24) is 0 Å². The third-order valence-electron chi connectivity index (χ3n) is 8.70. The maximum absolute atomic E-state index is 12.4. The molecule has 0 N–H and O–H groups in total. The second-order valence-corrected chi connectivity index (χ2v) is 12.9. The summed E-state index contributed by atoms with van der Waals surface area (Å²) in [6.45, 7) is 6.56. The van der Waals surface area contributed by atoms with Crippen molar-refractivity contribution >= 4 is 11.9 Å². The van der Waals surface area contributed by atoms with Crippen LogP contribution >= 0.6 is 0 Å². The lowest BCUT2D eigenvalue weighted by molar-refractivity contribution is -0.152. The number of unbranched alkanes of at least 4 members (excludes halogenated alkanes) is 16. The van der Waals surface area contributed by atoms with Crippen molar-refractivity contribution in [3.05, 3.63) is 48.6 Å². The molecule has 1 aliphatic rings. The summed E-state index contributed by atoms with van der Waals surface area (Å²) in [5.41, 5.74) is 0. The molecule has 1 fully saturated rings. The van der Waals surface area contributed by atoms with Gasteiger partial charge in [0.25, 0.3) is 0 Å². The predicted molar refractivity (Wildman–Crippen MR) is 192 cm³/mol. The van der Waals surface area contributed by atoms with E-state index in [0.717, 1.165) is 70.6 Å². The highest BCUT2D eigenvalue weighted by Gasteiger charge is 2.55. The Kier molecular flexibility index (Phi) is 27.8. The van der Waals surface area contributed by atoms with Gasteiger partial charge in [-0.15, -0.1) is 0 Å². The van der Waals surface area contributed by atoms with E-state index in [1.807, 2.05) is 0 Å². The average molecular weight is 627 g/mol. The van der Waals surface area contributed by atoms with Crippen molar-refractivity contribution in [2.24, 2.45) is 5.92 Å². The van der Waals surface area contributed by atoms with Crippen LogP contribution in [0.4, 0.5) is 0 Å². The number of hydrogen-bond acceptors (Lipinski definition) is 4. The van der Waals surface area contributed by atoms with Gasteiger partial charge in [-0.3, -0.25) is 9.59 Å². The van der Waals surface area contributed by atoms with Crippen molar-refractivity contribution in [3.63, 3.8) is 0 Å². The van der Waals surface area contributed by atoms with Crippen LogP contribution < -0.4 is 0 Å². The molecule has 1 rings (SSSR count). The summed E-state index contributed by atoms with van der Waals surface area (Å²) >= 11 is 0. The van der Waals surface area contributed by atoms with E-state index in [1.54, 1.807) is 0 Å². The zero-order chi connectivity index (χ0) is 32.6. The second kappa shape index (κ2) is 30.5. The van der Waals surface area contributed by atoms with E-state index in [0.29, 0.717) is 12.8 Å². The number of hydrogen-bond donors (Lipinski definition) is 0. The van der Waals surface area contributed by atoms with Gasteiger partial charge in [-0.05, 0) is 83.5 Å². The van der Waals surface area contributed by atoms with Gasteiger partial charge in [-0.1, -0.05) is 134 Å². The van der Waals surface area contributed by atoms with Crippen molar-refractivity contribution in [3.8, 4) is 0 Å². The third kappa shape index (κ3) is 24.8. The van der Waals surface area contributed by atoms with Gasteiger partial charge in [0.1, 0.15) is 12.2 Å². The highest BCUT2D eigenvalue weighted by atomic mass is 16.6. The van der Waals surface area contributed by atoms with Crippen LogP contribution in [0.2, 0.25) is 0 Å².